The number of hydrogen-bond donors (Lipinski definition) is 1. The summed E-state index contributed by atoms with van der Waals surface area (Å²) in [6.45, 7) is -0.332. The summed E-state index contributed by atoms with van der Waals surface area (Å²) in [6, 6.07) is 8.29. The van der Waals surface area contributed by atoms with Crippen LogP contribution in [-0.2, 0) is 14.3 Å². The summed E-state index contributed by atoms with van der Waals surface area (Å²) >= 11 is 0. The van der Waals surface area contributed by atoms with Crippen molar-refractivity contribution in [1.82, 2.24) is 0 Å². The molecule has 2 saturated heterocycles. The first kappa shape index (κ1) is 13.2. The van der Waals surface area contributed by atoms with Crippen molar-refractivity contribution in [1.29, 1.82) is 5.26 Å². The Kier molecular flexibility index (Phi) is 2.55. The molecule has 2 bridgehead atoms. The van der Waals surface area contributed by atoms with Gasteiger partial charge in [-0.1, -0.05) is 12.2 Å². The second kappa shape index (κ2) is 4.26. The number of imide groups is 1. The molecule has 0 aliphatic carbocycles. The molecule has 4 rings (SSSR count). The van der Waals surface area contributed by atoms with E-state index in [2.05, 4.69) is 0 Å². The largest absolute Gasteiger partial charge is 0.393 e. The number of aliphatic hydroxyl groups excluding tert-OH is 1. The van der Waals surface area contributed by atoms with E-state index in [1.807, 2.05) is 6.07 Å². The van der Waals surface area contributed by atoms with Gasteiger partial charge in [0, 0.05) is 0 Å². The summed E-state index contributed by atoms with van der Waals surface area (Å²) in [4.78, 5) is 26.5. The van der Waals surface area contributed by atoms with Crippen LogP contribution < -0.4 is 4.90 Å². The highest BCUT2D eigenvalue weighted by atomic mass is 16.5. The second-order valence-electron chi connectivity index (χ2n) is 5.73. The van der Waals surface area contributed by atoms with E-state index in [4.69, 9.17) is 10.00 Å². The van der Waals surface area contributed by atoms with E-state index < -0.39 is 23.5 Å². The fraction of sp³-hybridized carbons (Fsp3) is 0.312. The van der Waals surface area contributed by atoms with Gasteiger partial charge in [0.2, 0.25) is 11.8 Å². The monoisotopic (exact) mass is 296 g/mol. The number of nitrogens with zero attached hydrogens (tertiary/aromatic N) is 2. The van der Waals surface area contributed by atoms with Gasteiger partial charge in [0.15, 0.2) is 0 Å². The fourth-order valence-electron chi connectivity index (χ4n) is 3.62. The fourth-order valence-corrected chi connectivity index (χ4v) is 3.62. The molecule has 1 N–H and O–H groups in total. The molecular formula is C16H12N2O4. The minimum absolute atomic E-state index is 0.315. The third-order valence-corrected chi connectivity index (χ3v) is 4.66. The lowest BCUT2D eigenvalue weighted by atomic mass is 9.77. The summed E-state index contributed by atoms with van der Waals surface area (Å²) in [5, 5.41) is 18.4. The maximum absolute atomic E-state index is 12.7. The highest BCUT2D eigenvalue weighted by Crippen LogP contribution is 2.52. The van der Waals surface area contributed by atoms with E-state index >= 15 is 0 Å². The van der Waals surface area contributed by atoms with Crippen LogP contribution in [0.15, 0.2) is 36.4 Å². The number of rotatable bonds is 2. The molecule has 110 valence electrons. The van der Waals surface area contributed by atoms with E-state index in [1.54, 1.807) is 36.4 Å². The number of carbonyl (C=O) groups is 2. The van der Waals surface area contributed by atoms with E-state index in [0.717, 1.165) is 4.90 Å². The van der Waals surface area contributed by atoms with E-state index in [0.29, 0.717) is 11.3 Å². The van der Waals surface area contributed by atoms with Gasteiger partial charge in [0.05, 0.1) is 41.9 Å². The van der Waals surface area contributed by atoms with Gasteiger partial charge >= 0.3 is 0 Å². The number of anilines is 1. The Morgan fingerprint density at radius 2 is 2.00 bits per heavy atom. The molecule has 3 aliphatic rings. The number of nitriles is 1. The lowest BCUT2D eigenvalue weighted by molar-refractivity contribution is -0.128. The summed E-state index contributed by atoms with van der Waals surface area (Å²) in [7, 11) is 0. The first-order chi connectivity index (χ1) is 10.6. The van der Waals surface area contributed by atoms with Crippen molar-refractivity contribution in [2.75, 3.05) is 11.5 Å². The maximum Gasteiger partial charge on any atom is 0.241 e. The summed E-state index contributed by atoms with van der Waals surface area (Å²) in [5.74, 6) is -1.94. The normalized spacial score (nSPS) is 35.1. The number of benzene rings is 1. The molecule has 4 atom stereocenters. The van der Waals surface area contributed by atoms with Crippen LogP contribution in [0.5, 0.6) is 0 Å². The molecule has 0 spiro atoms. The lowest BCUT2D eigenvalue weighted by Gasteiger charge is -2.26. The van der Waals surface area contributed by atoms with Crippen LogP contribution in [0.4, 0.5) is 5.69 Å². The molecule has 2 fully saturated rings. The van der Waals surface area contributed by atoms with Gasteiger partial charge in [-0.05, 0) is 24.3 Å². The Balaban J connectivity index is 1.74. The third kappa shape index (κ3) is 1.44. The smallest absolute Gasteiger partial charge is 0.241 e. The molecule has 22 heavy (non-hydrogen) atoms. The van der Waals surface area contributed by atoms with Crippen molar-refractivity contribution in [3.63, 3.8) is 0 Å². The Morgan fingerprint density at radius 1 is 1.27 bits per heavy atom. The van der Waals surface area contributed by atoms with E-state index in [-0.39, 0.29) is 18.4 Å². The van der Waals surface area contributed by atoms with Gasteiger partial charge < -0.3 is 9.84 Å². The van der Waals surface area contributed by atoms with Gasteiger partial charge in [0.25, 0.3) is 0 Å². The Labute approximate surface area is 126 Å². The van der Waals surface area contributed by atoms with Gasteiger partial charge in [-0.25, -0.2) is 4.90 Å². The highest BCUT2D eigenvalue weighted by Gasteiger charge is 2.67. The Morgan fingerprint density at radius 3 is 2.64 bits per heavy atom. The zero-order valence-electron chi connectivity index (χ0n) is 11.5. The molecule has 0 unspecified atom stereocenters. The zero-order chi connectivity index (χ0) is 15.5. The maximum atomic E-state index is 12.7. The van der Waals surface area contributed by atoms with Crippen LogP contribution in [-0.4, -0.2) is 35.2 Å². The molecule has 6 nitrogen and oxygen atoms in total. The van der Waals surface area contributed by atoms with Crippen molar-refractivity contribution in [2.45, 2.75) is 11.7 Å². The molecule has 0 aromatic heterocycles. The first-order valence-electron chi connectivity index (χ1n) is 6.97. The van der Waals surface area contributed by atoms with Crippen molar-refractivity contribution < 1.29 is 19.4 Å². The van der Waals surface area contributed by atoms with Gasteiger partial charge in [-0.3, -0.25) is 9.59 Å². The van der Waals surface area contributed by atoms with Crippen molar-refractivity contribution >= 4 is 17.5 Å². The van der Waals surface area contributed by atoms with Crippen LogP contribution in [0.3, 0.4) is 0 Å². The van der Waals surface area contributed by atoms with Crippen LogP contribution in [0, 0.1) is 23.2 Å². The van der Waals surface area contributed by atoms with E-state index in [9.17, 15) is 14.7 Å². The molecule has 2 amide bonds. The molecule has 3 aliphatic heterocycles. The number of fused-ring (bicyclic) bond motifs is 5. The van der Waals surface area contributed by atoms with Gasteiger partial charge in [-0.15, -0.1) is 0 Å². The molecule has 1 aromatic rings. The highest BCUT2D eigenvalue weighted by molar-refractivity contribution is 6.23. The minimum atomic E-state index is -1.08. The zero-order valence-corrected chi connectivity index (χ0v) is 11.5. The quantitative estimate of drug-likeness (QED) is 0.628. The molecule has 1 aromatic carbocycles. The molecule has 3 heterocycles. The SMILES string of the molecule is N#Cc1ccc(N2C(=O)[C@@H]3[C@@H](C2=O)[C@@]2(CO)C=C[C@H]3O2)cc1. The van der Waals surface area contributed by atoms with Gasteiger partial charge in [-0.2, -0.15) is 5.26 Å². The third-order valence-electron chi connectivity index (χ3n) is 4.66. The number of amides is 2. The van der Waals surface area contributed by atoms with Crippen molar-refractivity contribution in [2.24, 2.45) is 11.8 Å². The van der Waals surface area contributed by atoms with Crippen molar-refractivity contribution in [3.05, 3.63) is 42.0 Å². The first-order valence-corrected chi connectivity index (χ1v) is 6.97. The number of ether oxygens (including phenoxy) is 1. The predicted octanol–water partition coefficient (Wildman–Crippen LogP) is 0.364. The van der Waals surface area contributed by atoms with E-state index in [1.165, 1.54) is 0 Å². The second-order valence-corrected chi connectivity index (χ2v) is 5.73. The van der Waals surface area contributed by atoms with Gasteiger partial charge in [0.1, 0.15) is 5.60 Å². The van der Waals surface area contributed by atoms with Crippen LogP contribution in [0.25, 0.3) is 0 Å². The molecule has 0 saturated carbocycles. The van der Waals surface area contributed by atoms with Crippen molar-refractivity contribution in [3.8, 4) is 6.07 Å². The topological polar surface area (TPSA) is 90.6 Å². The van der Waals surface area contributed by atoms with Crippen LogP contribution in [0.1, 0.15) is 5.56 Å². The summed E-state index contributed by atoms with van der Waals surface area (Å²) in [6.07, 6.45) is 2.97. The average molecular weight is 296 g/mol. The number of hydrogen-bond acceptors (Lipinski definition) is 5. The molecular weight excluding hydrogens is 284 g/mol. The average Bonchev–Trinajstić information content (AvgIpc) is 3.19. The van der Waals surface area contributed by atoms with Crippen LogP contribution >= 0.6 is 0 Å². The lowest BCUT2D eigenvalue weighted by Crippen LogP contribution is -2.43. The standard InChI is InChI=1S/C16H12N2O4/c17-7-9-1-3-10(4-2-9)18-14(20)12-11-5-6-16(8-19,22-11)13(12)15(18)21/h1-6,11-13,19H,8H2/t11-,12+,13+,16+/m1/s1. The summed E-state index contributed by atoms with van der Waals surface area (Å²) in [5.41, 5.74) is -0.181. The Hall–Kier alpha value is -2.49. The summed E-state index contributed by atoms with van der Waals surface area (Å²) < 4.78 is 5.67. The number of aliphatic hydroxyl groups is 1. The molecule has 0 radical (unpaired) electrons. The number of carbonyl (C=O) groups excluding carboxylic acids is 2. The molecule has 6 heteroatoms. The predicted molar refractivity (Wildman–Crippen MR) is 74.5 cm³/mol. The van der Waals surface area contributed by atoms with Crippen LogP contribution in [0.2, 0.25) is 0 Å². The Bertz CT molecular complexity index is 748. The minimum Gasteiger partial charge on any atom is -0.393 e.